The third kappa shape index (κ3) is 4.82. The Morgan fingerprint density at radius 2 is 1.95 bits per heavy atom. The first-order valence-corrected chi connectivity index (χ1v) is 9.01. The van der Waals surface area contributed by atoms with Crippen molar-refractivity contribution >= 4 is 22.2 Å². The second kappa shape index (κ2) is 8.30. The molecule has 2 N–H and O–H groups in total. The minimum Gasteiger partial charge on any atom is -0.331 e. The van der Waals surface area contributed by atoms with E-state index in [0.29, 0.717) is 12.0 Å². The number of para-hydroxylation sites is 1. The third-order valence-electron chi connectivity index (χ3n) is 3.63. The average molecular weight is 318 g/mol. The molecule has 22 heavy (non-hydrogen) atoms. The van der Waals surface area contributed by atoms with Crippen LogP contribution < -0.4 is 10.6 Å². The van der Waals surface area contributed by atoms with Gasteiger partial charge in [-0.2, -0.15) is 0 Å². The van der Waals surface area contributed by atoms with E-state index in [4.69, 9.17) is 4.98 Å². The first-order valence-electron chi connectivity index (χ1n) is 8.13. The van der Waals surface area contributed by atoms with Gasteiger partial charge in [0, 0.05) is 23.5 Å². The third-order valence-corrected chi connectivity index (χ3v) is 4.44. The van der Waals surface area contributed by atoms with E-state index in [9.17, 15) is 0 Å². The molecule has 1 aromatic carbocycles. The standard InChI is InChI=1S/C18H27N3S/c1-5-10-19-14(4)11-15-12-22-18(20-15)21-17-9-7-6-8-16(17)13(2)3/h6-9,12-14,19H,5,10-11H2,1-4H3,(H,20,21). The Hall–Kier alpha value is -1.39. The number of nitrogens with zero attached hydrogens (tertiary/aromatic N) is 1. The lowest BCUT2D eigenvalue weighted by Crippen LogP contribution is -2.28. The predicted molar refractivity (Wildman–Crippen MR) is 97.4 cm³/mol. The summed E-state index contributed by atoms with van der Waals surface area (Å²) in [4.78, 5) is 4.72. The number of hydrogen-bond acceptors (Lipinski definition) is 4. The van der Waals surface area contributed by atoms with Crippen molar-refractivity contribution in [3.05, 3.63) is 40.9 Å². The molecule has 0 saturated heterocycles. The van der Waals surface area contributed by atoms with Crippen LogP contribution in [0.3, 0.4) is 0 Å². The van der Waals surface area contributed by atoms with E-state index >= 15 is 0 Å². The summed E-state index contributed by atoms with van der Waals surface area (Å²) in [5.41, 5.74) is 3.65. The van der Waals surface area contributed by atoms with Crippen LogP contribution in [0.5, 0.6) is 0 Å². The largest absolute Gasteiger partial charge is 0.331 e. The maximum absolute atomic E-state index is 4.72. The number of benzene rings is 1. The molecule has 0 fully saturated rings. The number of aromatic nitrogens is 1. The van der Waals surface area contributed by atoms with Crippen LogP contribution >= 0.6 is 11.3 Å². The normalized spacial score (nSPS) is 12.6. The van der Waals surface area contributed by atoms with Crippen LogP contribution in [0.25, 0.3) is 0 Å². The van der Waals surface area contributed by atoms with E-state index in [1.165, 1.54) is 12.0 Å². The Morgan fingerprint density at radius 1 is 1.18 bits per heavy atom. The van der Waals surface area contributed by atoms with Gasteiger partial charge in [0.05, 0.1) is 5.69 Å². The molecule has 1 atom stereocenters. The molecule has 0 bridgehead atoms. The summed E-state index contributed by atoms with van der Waals surface area (Å²) in [7, 11) is 0. The summed E-state index contributed by atoms with van der Waals surface area (Å²) in [6.45, 7) is 9.91. The van der Waals surface area contributed by atoms with Crippen LogP contribution in [0.15, 0.2) is 29.6 Å². The van der Waals surface area contributed by atoms with Gasteiger partial charge in [0.25, 0.3) is 0 Å². The van der Waals surface area contributed by atoms with Gasteiger partial charge in [-0.05, 0) is 37.4 Å². The molecule has 1 heterocycles. The molecule has 0 spiro atoms. The van der Waals surface area contributed by atoms with Crippen molar-refractivity contribution < 1.29 is 0 Å². The quantitative estimate of drug-likeness (QED) is 0.724. The lowest BCUT2D eigenvalue weighted by atomic mass is 10.0. The molecule has 2 rings (SSSR count). The summed E-state index contributed by atoms with van der Waals surface area (Å²) in [6, 6.07) is 8.94. The number of anilines is 2. The van der Waals surface area contributed by atoms with Crippen molar-refractivity contribution in [1.29, 1.82) is 0 Å². The topological polar surface area (TPSA) is 37.0 Å². The minimum absolute atomic E-state index is 0.470. The second-order valence-corrected chi connectivity index (χ2v) is 6.93. The highest BCUT2D eigenvalue weighted by molar-refractivity contribution is 7.13. The van der Waals surface area contributed by atoms with Gasteiger partial charge in [0.2, 0.25) is 0 Å². The van der Waals surface area contributed by atoms with Gasteiger partial charge in [0.1, 0.15) is 0 Å². The Labute approximate surface area is 138 Å². The SMILES string of the molecule is CCCNC(C)Cc1csc(Nc2ccccc2C(C)C)n1. The highest BCUT2D eigenvalue weighted by atomic mass is 32.1. The lowest BCUT2D eigenvalue weighted by molar-refractivity contribution is 0.540. The van der Waals surface area contributed by atoms with Gasteiger partial charge in [0.15, 0.2) is 5.13 Å². The summed E-state index contributed by atoms with van der Waals surface area (Å²) in [5.74, 6) is 0.501. The fourth-order valence-corrected chi connectivity index (χ4v) is 3.20. The molecule has 0 aliphatic carbocycles. The molecule has 0 aliphatic heterocycles. The van der Waals surface area contributed by atoms with Gasteiger partial charge in [-0.3, -0.25) is 0 Å². The summed E-state index contributed by atoms with van der Waals surface area (Å²) >= 11 is 1.68. The van der Waals surface area contributed by atoms with Crippen LogP contribution in [0.1, 0.15) is 51.3 Å². The second-order valence-electron chi connectivity index (χ2n) is 6.07. The Bertz CT molecular complexity index is 577. The molecule has 4 heteroatoms. The first kappa shape index (κ1) is 17.0. The van der Waals surface area contributed by atoms with Crippen LogP contribution in [0, 0.1) is 0 Å². The summed E-state index contributed by atoms with van der Waals surface area (Å²) < 4.78 is 0. The molecule has 0 amide bonds. The first-order chi connectivity index (χ1) is 10.6. The van der Waals surface area contributed by atoms with Crippen LogP contribution in [-0.4, -0.2) is 17.6 Å². The lowest BCUT2D eigenvalue weighted by Gasteiger charge is -2.13. The zero-order chi connectivity index (χ0) is 15.9. The minimum atomic E-state index is 0.470. The highest BCUT2D eigenvalue weighted by Crippen LogP contribution is 2.28. The van der Waals surface area contributed by atoms with Crippen molar-refractivity contribution in [1.82, 2.24) is 10.3 Å². The van der Waals surface area contributed by atoms with Gasteiger partial charge < -0.3 is 10.6 Å². The molecular weight excluding hydrogens is 290 g/mol. The number of nitrogens with one attached hydrogen (secondary N) is 2. The Morgan fingerprint density at radius 3 is 2.68 bits per heavy atom. The van der Waals surface area contributed by atoms with Gasteiger partial charge in [-0.25, -0.2) is 4.98 Å². The molecule has 1 unspecified atom stereocenters. The van der Waals surface area contributed by atoms with Gasteiger partial charge >= 0.3 is 0 Å². The maximum atomic E-state index is 4.72. The van der Waals surface area contributed by atoms with Crippen LogP contribution in [-0.2, 0) is 6.42 Å². The zero-order valence-electron chi connectivity index (χ0n) is 14.0. The van der Waals surface area contributed by atoms with E-state index in [2.05, 4.69) is 68.0 Å². The number of thiazole rings is 1. The van der Waals surface area contributed by atoms with Crippen LogP contribution in [0.4, 0.5) is 10.8 Å². The van der Waals surface area contributed by atoms with Gasteiger partial charge in [-0.1, -0.05) is 39.0 Å². The number of rotatable bonds is 8. The molecule has 0 radical (unpaired) electrons. The Balaban J connectivity index is 2.00. The van der Waals surface area contributed by atoms with E-state index < -0.39 is 0 Å². The molecule has 120 valence electrons. The van der Waals surface area contributed by atoms with E-state index in [1.807, 2.05) is 0 Å². The van der Waals surface area contributed by atoms with Crippen molar-refractivity contribution in [3.63, 3.8) is 0 Å². The zero-order valence-corrected chi connectivity index (χ0v) is 14.8. The van der Waals surface area contributed by atoms with Crippen molar-refractivity contribution in [2.75, 3.05) is 11.9 Å². The smallest absolute Gasteiger partial charge is 0.187 e. The van der Waals surface area contributed by atoms with Crippen molar-refractivity contribution in [2.45, 2.75) is 52.5 Å². The number of hydrogen-bond donors (Lipinski definition) is 2. The molecule has 1 aromatic heterocycles. The molecule has 2 aromatic rings. The average Bonchev–Trinajstić information content (AvgIpc) is 2.92. The monoisotopic (exact) mass is 317 g/mol. The molecule has 0 saturated carbocycles. The predicted octanol–water partition coefficient (Wildman–Crippen LogP) is 4.94. The summed E-state index contributed by atoms with van der Waals surface area (Å²) in [5, 5.41) is 10.1. The fraction of sp³-hybridized carbons (Fsp3) is 0.500. The molecule has 3 nitrogen and oxygen atoms in total. The van der Waals surface area contributed by atoms with E-state index in [1.54, 1.807) is 11.3 Å². The summed E-state index contributed by atoms with van der Waals surface area (Å²) in [6.07, 6.45) is 2.14. The highest BCUT2D eigenvalue weighted by Gasteiger charge is 2.10. The Kier molecular flexibility index (Phi) is 6.40. The molecular formula is C18H27N3S. The van der Waals surface area contributed by atoms with Crippen LogP contribution in [0.2, 0.25) is 0 Å². The fourth-order valence-electron chi connectivity index (χ4n) is 2.46. The maximum Gasteiger partial charge on any atom is 0.187 e. The van der Waals surface area contributed by atoms with Gasteiger partial charge in [-0.15, -0.1) is 11.3 Å². The molecule has 0 aliphatic rings. The van der Waals surface area contributed by atoms with E-state index in [-0.39, 0.29) is 0 Å². The van der Waals surface area contributed by atoms with Crippen molar-refractivity contribution in [2.24, 2.45) is 0 Å². The van der Waals surface area contributed by atoms with Crippen molar-refractivity contribution in [3.8, 4) is 0 Å². The van der Waals surface area contributed by atoms with E-state index in [0.717, 1.165) is 29.5 Å².